The number of hydrazone groups is 1. The summed E-state index contributed by atoms with van der Waals surface area (Å²) in [7, 11) is 1.54. The maximum Gasteiger partial charge on any atom is 0.240 e. The predicted molar refractivity (Wildman–Crippen MR) is 112 cm³/mol. The van der Waals surface area contributed by atoms with Crippen LogP contribution in [0.15, 0.2) is 46.0 Å². The van der Waals surface area contributed by atoms with Gasteiger partial charge >= 0.3 is 0 Å². The average Bonchev–Trinajstić information content (AvgIpc) is 2.68. The SMILES string of the molecule is CCOc1cc(C=NNC(=O)CCC(=O)Nc2ccc(F)cc2)cc(Br)c1OC. The molecule has 0 bridgehead atoms. The van der Waals surface area contributed by atoms with Crippen LogP contribution in [0, 0.1) is 5.82 Å². The summed E-state index contributed by atoms with van der Waals surface area (Å²) in [6, 6.07) is 8.88. The van der Waals surface area contributed by atoms with Gasteiger partial charge in [-0.15, -0.1) is 0 Å². The number of carbonyl (C=O) groups excluding carboxylic acids is 2. The second-order valence-electron chi connectivity index (χ2n) is 5.82. The third kappa shape index (κ3) is 7.19. The molecular formula is C20H21BrFN3O4. The maximum atomic E-state index is 12.8. The van der Waals surface area contributed by atoms with Gasteiger partial charge in [0.1, 0.15) is 5.82 Å². The van der Waals surface area contributed by atoms with Crippen molar-refractivity contribution in [1.82, 2.24) is 5.43 Å². The second-order valence-corrected chi connectivity index (χ2v) is 6.67. The lowest BCUT2D eigenvalue weighted by Gasteiger charge is -2.11. The number of nitrogens with zero attached hydrogens (tertiary/aromatic N) is 1. The quantitative estimate of drug-likeness (QED) is 0.434. The molecule has 0 saturated heterocycles. The summed E-state index contributed by atoms with van der Waals surface area (Å²) < 4.78 is 24.4. The van der Waals surface area contributed by atoms with E-state index in [0.29, 0.717) is 33.8 Å². The molecular weight excluding hydrogens is 445 g/mol. The number of hydrogen-bond acceptors (Lipinski definition) is 5. The summed E-state index contributed by atoms with van der Waals surface area (Å²) in [5.41, 5.74) is 3.52. The first-order valence-electron chi connectivity index (χ1n) is 8.80. The Labute approximate surface area is 176 Å². The molecule has 9 heteroatoms. The molecule has 2 aromatic carbocycles. The van der Waals surface area contributed by atoms with Gasteiger partial charge in [-0.3, -0.25) is 9.59 Å². The zero-order chi connectivity index (χ0) is 21.2. The zero-order valence-electron chi connectivity index (χ0n) is 16.0. The van der Waals surface area contributed by atoms with Gasteiger partial charge in [0, 0.05) is 18.5 Å². The fraction of sp³-hybridized carbons (Fsp3) is 0.250. The van der Waals surface area contributed by atoms with E-state index in [9.17, 15) is 14.0 Å². The van der Waals surface area contributed by atoms with Crippen molar-refractivity contribution in [3.63, 3.8) is 0 Å². The first-order chi connectivity index (χ1) is 13.9. The molecule has 0 fully saturated rings. The van der Waals surface area contributed by atoms with Gasteiger partial charge in [-0.05, 0) is 64.8 Å². The molecule has 2 rings (SSSR count). The lowest BCUT2D eigenvalue weighted by molar-refractivity contribution is -0.124. The van der Waals surface area contributed by atoms with E-state index in [0.717, 1.165) is 0 Å². The van der Waals surface area contributed by atoms with Crippen molar-refractivity contribution in [2.45, 2.75) is 19.8 Å². The molecule has 2 N–H and O–H groups in total. The molecule has 0 heterocycles. The normalized spacial score (nSPS) is 10.6. The van der Waals surface area contributed by atoms with E-state index in [-0.39, 0.29) is 18.7 Å². The Morgan fingerprint density at radius 2 is 1.86 bits per heavy atom. The third-order valence-corrected chi connectivity index (χ3v) is 4.23. The number of hydrogen-bond donors (Lipinski definition) is 2. The Balaban J connectivity index is 1.84. The Morgan fingerprint density at radius 3 is 2.52 bits per heavy atom. The number of rotatable bonds is 9. The highest BCUT2D eigenvalue weighted by Crippen LogP contribution is 2.36. The second kappa shape index (κ2) is 11.2. The molecule has 2 aromatic rings. The van der Waals surface area contributed by atoms with Crippen molar-refractivity contribution in [1.29, 1.82) is 0 Å². The fourth-order valence-corrected chi connectivity index (χ4v) is 2.96. The molecule has 0 atom stereocenters. The largest absolute Gasteiger partial charge is 0.492 e. The summed E-state index contributed by atoms with van der Waals surface area (Å²) in [6.07, 6.45) is 1.39. The zero-order valence-corrected chi connectivity index (χ0v) is 17.6. The molecule has 0 aliphatic rings. The van der Waals surface area contributed by atoms with E-state index in [4.69, 9.17) is 9.47 Å². The van der Waals surface area contributed by atoms with Gasteiger partial charge in [-0.2, -0.15) is 5.10 Å². The van der Waals surface area contributed by atoms with Crippen LogP contribution in [0.2, 0.25) is 0 Å². The fourth-order valence-electron chi connectivity index (χ4n) is 2.34. The highest BCUT2D eigenvalue weighted by Gasteiger charge is 2.11. The highest BCUT2D eigenvalue weighted by molar-refractivity contribution is 9.10. The van der Waals surface area contributed by atoms with Crippen LogP contribution in [0.5, 0.6) is 11.5 Å². The number of halogens is 2. The molecule has 0 unspecified atom stereocenters. The Bertz CT molecular complexity index is 888. The predicted octanol–water partition coefficient (Wildman–Crippen LogP) is 3.86. The van der Waals surface area contributed by atoms with Gasteiger partial charge in [-0.1, -0.05) is 0 Å². The molecule has 29 heavy (non-hydrogen) atoms. The number of ether oxygens (including phenoxy) is 2. The van der Waals surface area contributed by atoms with Crippen molar-refractivity contribution >= 4 is 39.6 Å². The number of benzene rings is 2. The monoisotopic (exact) mass is 465 g/mol. The molecule has 0 radical (unpaired) electrons. The smallest absolute Gasteiger partial charge is 0.240 e. The molecule has 154 valence electrons. The summed E-state index contributed by atoms with van der Waals surface area (Å²) >= 11 is 3.40. The lowest BCUT2D eigenvalue weighted by atomic mass is 10.2. The van der Waals surface area contributed by atoms with Crippen LogP contribution >= 0.6 is 15.9 Å². The average molecular weight is 466 g/mol. The minimum absolute atomic E-state index is 0.0265. The summed E-state index contributed by atoms with van der Waals surface area (Å²) in [5, 5.41) is 6.48. The van der Waals surface area contributed by atoms with Gasteiger partial charge in [0.05, 0.1) is 24.4 Å². The molecule has 0 aromatic heterocycles. The standard InChI is InChI=1S/C20H21BrFN3O4/c1-3-29-17-11-13(10-16(21)20(17)28-2)12-23-25-19(27)9-8-18(26)24-15-6-4-14(22)5-7-15/h4-7,10-12H,3,8-9H2,1-2H3,(H,24,26)(H,25,27). The summed E-state index contributed by atoms with van der Waals surface area (Å²) in [6.45, 7) is 2.33. The molecule has 0 aliphatic heterocycles. The van der Waals surface area contributed by atoms with Crippen LogP contribution in [0.4, 0.5) is 10.1 Å². The maximum absolute atomic E-state index is 12.8. The van der Waals surface area contributed by atoms with E-state index < -0.39 is 11.7 Å². The van der Waals surface area contributed by atoms with Crippen LogP contribution in [0.25, 0.3) is 0 Å². The van der Waals surface area contributed by atoms with Crippen LogP contribution in [0.1, 0.15) is 25.3 Å². The van der Waals surface area contributed by atoms with Crippen LogP contribution < -0.4 is 20.2 Å². The Kier molecular flexibility index (Phi) is 8.60. The Morgan fingerprint density at radius 1 is 1.17 bits per heavy atom. The molecule has 2 amide bonds. The molecule has 7 nitrogen and oxygen atoms in total. The third-order valence-electron chi connectivity index (χ3n) is 3.65. The number of amides is 2. The van der Waals surface area contributed by atoms with Crippen molar-refractivity contribution in [3.8, 4) is 11.5 Å². The first kappa shape index (κ1) is 22.4. The molecule has 0 saturated carbocycles. The number of nitrogens with one attached hydrogen (secondary N) is 2. The molecule has 0 spiro atoms. The van der Waals surface area contributed by atoms with Gasteiger partial charge in [0.2, 0.25) is 11.8 Å². The minimum atomic E-state index is -0.409. The minimum Gasteiger partial charge on any atom is -0.492 e. The van der Waals surface area contributed by atoms with E-state index in [1.807, 2.05) is 6.92 Å². The number of methoxy groups -OCH3 is 1. The van der Waals surface area contributed by atoms with Crippen molar-refractivity contribution in [3.05, 3.63) is 52.3 Å². The van der Waals surface area contributed by atoms with Crippen LogP contribution in [0.3, 0.4) is 0 Å². The lowest BCUT2D eigenvalue weighted by Crippen LogP contribution is -2.20. The van der Waals surface area contributed by atoms with E-state index >= 15 is 0 Å². The highest BCUT2D eigenvalue weighted by atomic mass is 79.9. The first-order valence-corrected chi connectivity index (χ1v) is 9.60. The topological polar surface area (TPSA) is 89.0 Å². The Hall–Kier alpha value is -2.94. The van der Waals surface area contributed by atoms with Gasteiger partial charge in [0.25, 0.3) is 0 Å². The number of carbonyl (C=O) groups is 2. The summed E-state index contributed by atoms with van der Waals surface area (Å²) in [4.78, 5) is 23.7. The van der Waals surface area contributed by atoms with Crippen molar-refractivity contribution in [2.75, 3.05) is 19.0 Å². The van der Waals surface area contributed by atoms with E-state index in [2.05, 4.69) is 31.8 Å². The van der Waals surface area contributed by atoms with Gasteiger partial charge in [0.15, 0.2) is 11.5 Å². The molecule has 0 aliphatic carbocycles. The summed E-state index contributed by atoms with van der Waals surface area (Å²) in [5.74, 6) is -0.0309. The van der Waals surface area contributed by atoms with E-state index in [1.165, 1.54) is 30.5 Å². The van der Waals surface area contributed by atoms with Gasteiger partial charge in [-0.25, -0.2) is 9.82 Å². The van der Waals surface area contributed by atoms with Crippen molar-refractivity contribution in [2.24, 2.45) is 5.10 Å². The van der Waals surface area contributed by atoms with Crippen LogP contribution in [-0.4, -0.2) is 31.7 Å². The van der Waals surface area contributed by atoms with Gasteiger partial charge < -0.3 is 14.8 Å². The van der Waals surface area contributed by atoms with Crippen molar-refractivity contribution < 1.29 is 23.5 Å². The van der Waals surface area contributed by atoms with Crippen LogP contribution in [-0.2, 0) is 9.59 Å². The number of anilines is 1. The van der Waals surface area contributed by atoms with E-state index in [1.54, 1.807) is 19.2 Å².